The first-order valence-electron chi connectivity index (χ1n) is 8.20. The predicted molar refractivity (Wildman–Crippen MR) is 104 cm³/mol. The fourth-order valence-corrected chi connectivity index (χ4v) is 3.83. The van der Waals surface area contributed by atoms with Crippen molar-refractivity contribution < 1.29 is 0 Å². The molecule has 0 bridgehead atoms. The van der Waals surface area contributed by atoms with Crippen LogP contribution in [0.25, 0.3) is 0 Å². The predicted octanol–water partition coefficient (Wildman–Crippen LogP) is 3.12. The van der Waals surface area contributed by atoms with Gasteiger partial charge in [-0.3, -0.25) is 4.22 Å². The summed E-state index contributed by atoms with van der Waals surface area (Å²) in [6.45, 7) is 17.8. The summed E-state index contributed by atoms with van der Waals surface area (Å²) in [5, 5.41) is 7.89. The molecule has 128 valence electrons. The lowest BCUT2D eigenvalue weighted by Gasteiger charge is -2.36. The minimum absolute atomic E-state index is 0.177. The number of rotatable bonds is 2. The minimum Gasteiger partial charge on any atom is -0.384 e. The van der Waals surface area contributed by atoms with E-state index in [1.165, 1.54) is 0 Å². The van der Waals surface area contributed by atoms with Crippen molar-refractivity contribution >= 4 is 31.9 Å². The van der Waals surface area contributed by atoms with E-state index >= 15 is 0 Å². The van der Waals surface area contributed by atoms with E-state index in [1.807, 2.05) is 11.6 Å². The molecular formula is C14H30B2N6S. The van der Waals surface area contributed by atoms with Crippen molar-refractivity contribution in [3.8, 4) is 0 Å². The zero-order chi connectivity index (χ0) is 17.6. The summed E-state index contributed by atoms with van der Waals surface area (Å²) < 4.78 is 6.73. The molecule has 1 N–H and O–H groups in total. The van der Waals surface area contributed by atoms with Gasteiger partial charge in [-0.25, -0.2) is 9.67 Å². The fourth-order valence-electron chi connectivity index (χ4n) is 2.64. The largest absolute Gasteiger partial charge is 0.384 e. The van der Waals surface area contributed by atoms with Crippen LogP contribution in [0.5, 0.6) is 0 Å². The van der Waals surface area contributed by atoms with Crippen molar-refractivity contribution in [2.45, 2.75) is 52.6 Å². The zero-order valence-corrected chi connectivity index (χ0v) is 16.4. The normalized spacial score (nSPS) is 18.7. The Morgan fingerprint density at radius 3 is 2.61 bits per heavy atom. The first kappa shape index (κ1) is 20.1. The average Bonchev–Trinajstić information content (AvgIpc) is 2.92. The summed E-state index contributed by atoms with van der Waals surface area (Å²) in [4.78, 5) is 4.20. The highest BCUT2D eigenvalue weighted by atomic mass is 32.2. The van der Waals surface area contributed by atoms with Gasteiger partial charge in [0.25, 0.3) is 0 Å². The van der Waals surface area contributed by atoms with Gasteiger partial charge in [-0.1, -0.05) is 38.6 Å². The minimum atomic E-state index is -0.177. The molecule has 0 unspecified atom stereocenters. The number of nitrogens with one attached hydrogen (secondary N) is 1. The van der Waals surface area contributed by atoms with Gasteiger partial charge >= 0.3 is 14.0 Å². The molecule has 9 heteroatoms. The van der Waals surface area contributed by atoms with Crippen LogP contribution in [-0.4, -0.2) is 51.3 Å². The van der Waals surface area contributed by atoms with Gasteiger partial charge in [-0.2, -0.15) is 5.10 Å². The Labute approximate surface area is 146 Å². The van der Waals surface area contributed by atoms with E-state index in [0.717, 1.165) is 18.9 Å². The monoisotopic (exact) mass is 336 g/mol. The Bertz CT molecular complexity index is 495. The molecule has 1 aliphatic rings. The third-order valence-corrected chi connectivity index (χ3v) is 4.96. The third kappa shape index (κ3) is 5.02. The van der Waals surface area contributed by atoms with Crippen molar-refractivity contribution in [3.63, 3.8) is 0 Å². The van der Waals surface area contributed by atoms with E-state index in [-0.39, 0.29) is 11.9 Å². The summed E-state index contributed by atoms with van der Waals surface area (Å²) in [6.07, 6.45) is 4.50. The first-order valence-corrected chi connectivity index (χ1v) is 8.97. The highest BCUT2D eigenvalue weighted by molar-refractivity contribution is 7.98. The maximum absolute atomic E-state index is 4.39. The first-order chi connectivity index (χ1) is 10.8. The molecule has 0 radical (unpaired) electrons. The molecule has 1 aromatic heterocycles. The average molecular weight is 336 g/mol. The van der Waals surface area contributed by atoms with Crippen molar-refractivity contribution in [1.82, 2.24) is 23.7 Å². The Morgan fingerprint density at radius 1 is 1.43 bits per heavy atom. The number of fused-ring (bicyclic) bond motifs is 1. The molecule has 2 heterocycles. The van der Waals surface area contributed by atoms with Crippen molar-refractivity contribution in [3.05, 3.63) is 19.0 Å². The van der Waals surface area contributed by atoms with Crippen LogP contribution < -0.4 is 5.23 Å². The molecule has 0 fully saturated rings. The highest BCUT2D eigenvalue weighted by Crippen LogP contribution is 2.35. The second-order valence-electron chi connectivity index (χ2n) is 6.18. The molecule has 0 saturated heterocycles. The van der Waals surface area contributed by atoms with Gasteiger partial charge in [0.05, 0.1) is 0 Å². The molecular weight excluding hydrogens is 306 g/mol. The number of hydrogen-bond acceptors (Lipinski definition) is 6. The number of allylic oxidation sites excluding steroid dienone is 1. The van der Waals surface area contributed by atoms with Gasteiger partial charge in [-0.05, 0) is 40.8 Å². The second kappa shape index (κ2) is 8.80. The van der Waals surface area contributed by atoms with Crippen LogP contribution in [0.2, 0.25) is 13.6 Å². The maximum Gasteiger partial charge on any atom is 0.329 e. The summed E-state index contributed by atoms with van der Waals surface area (Å²) in [7, 11) is 2.15. The molecule has 0 spiro atoms. The number of anilines is 1. The fraction of sp³-hybridized carbons (Fsp3) is 0.714. The van der Waals surface area contributed by atoms with Crippen LogP contribution in [-0.2, 0) is 4.87 Å². The van der Waals surface area contributed by atoms with Crippen LogP contribution >= 0.6 is 11.9 Å². The molecule has 0 amide bonds. The van der Waals surface area contributed by atoms with Crippen molar-refractivity contribution in [1.29, 1.82) is 0 Å². The Balaban J connectivity index is 0.000000816. The lowest BCUT2D eigenvalue weighted by molar-refractivity contribution is 0.475. The third-order valence-electron chi connectivity index (χ3n) is 3.75. The number of aromatic nitrogens is 3. The maximum atomic E-state index is 4.39. The van der Waals surface area contributed by atoms with Crippen LogP contribution in [0.3, 0.4) is 0 Å². The zero-order valence-electron chi connectivity index (χ0n) is 15.6. The summed E-state index contributed by atoms with van der Waals surface area (Å²) >= 11 is 1.79. The number of hydrogen-bond donors (Lipinski definition) is 1. The van der Waals surface area contributed by atoms with Crippen LogP contribution in [0.15, 0.2) is 19.0 Å². The lowest BCUT2D eigenvalue weighted by atomic mass is 9.62. The van der Waals surface area contributed by atoms with Crippen molar-refractivity contribution in [2.24, 2.45) is 0 Å². The number of nitrogens with zero attached hydrogens (tertiary/aromatic N) is 5. The molecule has 0 aliphatic carbocycles. The van der Waals surface area contributed by atoms with Gasteiger partial charge in [0.2, 0.25) is 5.95 Å². The van der Waals surface area contributed by atoms with E-state index in [0.29, 0.717) is 6.98 Å². The Kier molecular flexibility index (Phi) is 7.70. The van der Waals surface area contributed by atoms with Gasteiger partial charge in [0, 0.05) is 0 Å². The van der Waals surface area contributed by atoms with E-state index < -0.39 is 0 Å². The summed E-state index contributed by atoms with van der Waals surface area (Å²) in [5.41, 5.74) is 0. The van der Waals surface area contributed by atoms with E-state index in [1.54, 1.807) is 24.4 Å². The Morgan fingerprint density at radius 2 is 2.04 bits per heavy atom. The molecule has 23 heavy (non-hydrogen) atoms. The molecule has 0 atom stereocenters. The van der Waals surface area contributed by atoms with E-state index in [4.69, 9.17) is 0 Å². The summed E-state index contributed by atoms with van der Waals surface area (Å²) in [6, 6.07) is 0. The lowest BCUT2D eigenvalue weighted by Crippen LogP contribution is -2.56. The molecule has 6 nitrogen and oxygen atoms in total. The molecule has 2 rings (SSSR count). The van der Waals surface area contributed by atoms with E-state index in [2.05, 4.69) is 72.3 Å². The molecule has 1 aliphatic heterocycles. The van der Waals surface area contributed by atoms with Crippen LogP contribution in [0, 0.1) is 0 Å². The topological polar surface area (TPSA) is 49.2 Å². The molecule has 1 aromatic rings. The Hall–Kier alpha value is -0.920. The smallest absolute Gasteiger partial charge is 0.329 e. The highest BCUT2D eigenvalue weighted by Gasteiger charge is 2.37. The standard InChI is InChI=1S/C11H24B2N6S.C3H6/c1-7-8-18-12(4)16-10-14-9-15-19(10)11(2,3)20-17(6)13(18)5;1-3-2/h9H,7-8H2,1-6H3,(H,14,15,16);3H,1H2,2H3. The van der Waals surface area contributed by atoms with E-state index in [9.17, 15) is 0 Å². The van der Waals surface area contributed by atoms with Crippen LogP contribution in [0.1, 0.15) is 34.1 Å². The second-order valence-corrected chi connectivity index (χ2v) is 7.94. The molecule has 0 aromatic carbocycles. The SMILES string of the molecule is C=CC.CCCN1B(C)Nc2ncnn2C(C)(C)SN(C)B1C. The van der Waals surface area contributed by atoms with Gasteiger partial charge in [0.1, 0.15) is 11.2 Å². The van der Waals surface area contributed by atoms with Gasteiger partial charge in [0.15, 0.2) is 0 Å². The molecule has 0 saturated carbocycles. The van der Waals surface area contributed by atoms with Gasteiger partial charge < -0.3 is 9.95 Å². The van der Waals surface area contributed by atoms with Crippen molar-refractivity contribution in [2.75, 3.05) is 18.8 Å². The van der Waals surface area contributed by atoms with Crippen LogP contribution in [0.4, 0.5) is 5.95 Å². The summed E-state index contributed by atoms with van der Waals surface area (Å²) in [5.74, 6) is 0.832. The quantitative estimate of drug-likeness (QED) is 0.509. The van der Waals surface area contributed by atoms with Gasteiger partial charge in [-0.15, -0.1) is 6.58 Å².